The van der Waals surface area contributed by atoms with Crippen molar-refractivity contribution in [1.82, 2.24) is 14.9 Å². The number of hydrogen-bond donors (Lipinski definition) is 1. The van der Waals surface area contributed by atoms with Crippen LogP contribution < -0.4 is 5.32 Å². The quantitative estimate of drug-likeness (QED) is 0.734. The van der Waals surface area contributed by atoms with Crippen LogP contribution in [0.3, 0.4) is 0 Å². The molecular weight excluding hydrogens is 328 g/mol. The van der Waals surface area contributed by atoms with E-state index in [9.17, 15) is 0 Å². The smallest absolute Gasteiger partial charge is 0.138 e. The van der Waals surface area contributed by atoms with E-state index in [2.05, 4.69) is 63.7 Å². The fourth-order valence-corrected chi connectivity index (χ4v) is 4.49. The molecule has 4 rings (SSSR count). The van der Waals surface area contributed by atoms with E-state index < -0.39 is 0 Å². The van der Waals surface area contributed by atoms with Crippen molar-refractivity contribution in [1.29, 1.82) is 0 Å². The molecule has 1 aliphatic rings. The first-order valence-electron chi connectivity index (χ1n) is 8.98. The number of fused-ring (bicyclic) bond motifs is 1. The number of hydrogen-bond acceptors (Lipinski definition) is 5. The van der Waals surface area contributed by atoms with Gasteiger partial charge >= 0.3 is 0 Å². The van der Waals surface area contributed by atoms with E-state index in [1.807, 2.05) is 6.07 Å². The highest BCUT2D eigenvalue weighted by molar-refractivity contribution is 7.17. The molecule has 0 amide bonds. The van der Waals surface area contributed by atoms with Crippen molar-refractivity contribution in [2.75, 3.05) is 25.0 Å². The normalized spacial score (nSPS) is 18.3. The average molecular weight is 353 g/mol. The molecule has 1 aliphatic heterocycles. The largest absolute Gasteiger partial charge is 0.369 e. The van der Waals surface area contributed by atoms with Gasteiger partial charge in [0, 0.05) is 30.1 Å². The zero-order valence-electron chi connectivity index (χ0n) is 14.8. The third-order valence-corrected chi connectivity index (χ3v) is 5.95. The number of aromatic nitrogens is 2. The molecule has 3 aromatic rings. The Morgan fingerprint density at radius 3 is 2.84 bits per heavy atom. The van der Waals surface area contributed by atoms with Crippen LogP contribution in [0.2, 0.25) is 0 Å². The molecule has 4 nitrogen and oxygen atoms in total. The molecular formula is C20H24N4S. The Kier molecular flexibility index (Phi) is 4.68. The van der Waals surface area contributed by atoms with Crippen LogP contribution in [0.15, 0.2) is 42.0 Å². The first kappa shape index (κ1) is 16.5. The number of rotatable bonds is 5. The van der Waals surface area contributed by atoms with Crippen LogP contribution >= 0.6 is 11.3 Å². The van der Waals surface area contributed by atoms with E-state index in [-0.39, 0.29) is 0 Å². The Morgan fingerprint density at radius 2 is 2.08 bits per heavy atom. The first-order valence-corrected chi connectivity index (χ1v) is 9.86. The molecule has 130 valence electrons. The van der Waals surface area contributed by atoms with Crippen LogP contribution in [0, 0.1) is 5.92 Å². The summed E-state index contributed by atoms with van der Waals surface area (Å²) in [7, 11) is 0. The maximum absolute atomic E-state index is 4.55. The molecule has 1 saturated heterocycles. The third-order valence-electron chi connectivity index (χ3n) is 5.06. The lowest BCUT2D eigenvalue weighted by Crippen LogP contribution is -2.29. The molecule has 5 heteroatoms. The minimum atomic E-state index is 0.636. The SMILES string of the molecule is CC(C)N1CCC(CNc2ncnc3scc(-c4ccccc4)c23)C1. The molecule has 0 aliphatic carbocycles. The molecule has 1 fully saturated rings. The maximum atomic E-state index is 4.55. The molecule has 25 heavy (non-hydrogen) atoms. The second-order valence-corrected chi connectivity index (χ2v) is 7.90. The minimum absolute atomic E-state index is 0.636. The summed E-state index contributed by atoms with van der Waals surface area (Å²) in [5.41, 5.74) is 2.44. The van der Waals surface area contributed by atoms with E-state index in [1.165, 1.54) is 30.6 Å². The van der Waals surface area contributed by atoms with Crippen molar-refractivity contribution in [3.63, 3.8) is 0 Å². The third kappa shape index (κ3) is 3.39. The zero-order chi connectivity index (χ0) is 17.2. The van der Waals surface area contributed by atoms with E-state index in [0.717, 1.165) is 22.6 Å². The van der Waals surface area contributed by atoms with Gasteiger partial charge < -0.3 is 10.2 Å². The Balaban J connectivity index is 1.57. The van der Waals surface area contributed by atoms with E-state index in [0.29, 0.717) is 12.0 Å². The highest BCUT2D eigenvalue weighted by atomic mass is 32.1. The Labute approximate surface area is 152 Å². The lowest BCUT2D eigenvalue weighted by Gasteiger charge is -2.20. The lowest BCUT2D eigenvalue weighted by molar-refractivity contribution is 0.266. The van der Waals surface area contributed by atoms with E-state index >= 15 is 0 Å². The van der Waals surface area contributed by atoms with Crippen molar-refractivity contribution < 1.29 is 0 Å². The van der Waals surface area contributed by atoms with Gasteiger partial charge in [0.05, 0.1) is 5.39 Å². The van der Waals surface area contributed by atoms with Gasteiger partial charge in [-0.25, -0.2) is 9.97 Å². The predicted molar refractivity (Wildman–Crippen MR) is 106 cm³/mol. The number of thiophene rings is 1. The molecule has 3 heterocycles. The highest BCUT2D eigenvalue weighted by Crippen LogP contribution is 2.36. The van der Waals surface area contributed by atoms with Gasteiger partial charge in [0.2, 0.25) is 0 Å². The second-order valence-electron chi connectivity index (χ2n) is 7.04. The molecule has 0 radical (unpaired) electrons. The van der Waals surface area contributed by atoms with E-state index in [1.54, 1.807) is 17.7 Å². The summed E-state index contributed by atoms with van der Waals surface area (Å²) in [5.74, 6) is 1.65. The van der Waals surface area contributed by atoms with Gasteiger partial charge in [0.1, 0.15) is 17.0 Å². The van der Waals surface area contributed by atoms with Gasteiger partial charge in [-0.3, -0.25) is 0 Å². The fraction of sp³-hybridized carbons (Fsp3) is 0.400. The number of likely N-dealkylation sites (tertiary alicyclic amines) is 1. The van der Waals surface area contributed by atoms with Crippen LogP contribution in [0.5, 0.6) is 0 Å². The summed E-state index contributed by atoms with van der Waals surface area (Å²) in [6.45, 7) is 7.91. The number of benzene rings is 1. The summed E-state index contributed by atoms with van der Waals surface area (Å²) in [6, 6.07) is 11.1. The Hall–Kier alpha value is -1.98. The molecule has 0 spiro atoms. The first-order chi connectivity index (χ1) is 12.2. The van der Waals surface area contributed by atoms with Crippen molar-refractivity contribution in [2.45, 2.75) is 26.3 Å². The summed E-state index contributed by atoms with van der Waals surface area (Å²) in [5, 5.41) is 6.96. The molecule has 0 saturated carbocycles. The lowest BCUT2D eigenvalue weighted by atomic mass is 10.1. The molecule has 1 atom stereocenters. The Bertz CT molecular complexity index is 843. The van der Waals surface area contributed by atoms with Crippen molar-refractivity contribution in [3.05, 3.63) is 42.0 Å². The van der Waals surface area contributed by atoms with Crippen LogP contribution in [0.4, 0.5) is 5.82 Å². The topological polar surface area (TPSA) is 41.0 Å². The van der Waals surface area contributed by atoms with Crippen molar-refractivity contribution in [3.8, 4) is 11.1 Å². The molecule has 0 bridgehead atoms. The standard InChI is InChI=1S/C20H24N4S/c1-14(2)24-9-8-15(11-24)10-21-19-18-17(16-6-4-3-5-7-16)12-25-20(18)23-13-22-19/h3-7,12-15H,8-11H2,1-2H3,(H,21,22,23). The van der Waals surface area contributed by atoms with Gasteiger partial charge in [-0.1, -0.05) is 30.3 Å². The van der Waals surface area contributed by atoms with Crippen LogP contribution in [0.25, 0.3) is 21.3 Å². The molecule has 1 unspecified atom stereocenters. The number of anilines is 1. The Morgan fingerprint density at radius 1 is 1.24 bits per heavy atom. The summed E-state index contributed by atoms with van der Waals surface area (Å²) in [6.07, 6.45) is 2.93. The van der Waals surface area contributed by atoms with Gasteiger partial charge in [-0.05, 0) is 38.3 Å². The van der Waals surface area contributed by atoms with Gasteiger partial charge in [0.15, 0.2) is 0 Å². The van der Waals surface area contributed by atoms with Gasteiger partial charge in [-0.2, -0.15) is 0 Å². The maximum Gasteiger partial charge on any atom is 0.138 e. The fourth-order valence-electron chi connectivity index (χ4n) is 3.58. The predicted octanol–water partition coefficient (Wildman–Crippen LogP) is 4.50. The molecule has 1 N–H and O–H groups in total. The van der Waals surface area contributed by atoms with Crippen LogP contribution in [-0.2, 0) is 0 Å². The zero-order valence-corrected chi connectivity index (χ0v) is 15.6. The van der Waals surface area contributed by atoms with Crippen LogP contribution in [-0.4, -0.2) is 40.5 Å². The van der Waals surface area contributed by atoms with Crippen LogP contribution in [0.1, 0.15) is 20.3 Å². The van der Waals surface area contributed by atoms with Crippen molar-refractivity contribution >= 4 is 27.4 Å². The monoisotopic (exact) mass is 352 g/mol. The molecule has 2 aromatic heterocycles. The number of nitrogens with one attached hydrogen (secondary N) is 1. The van der Waals surface area contributed by atoms with Crippen molar-refractivity contribution in [2.24, 2.45) is 5.92 Å². The summed E-state index contributed by atoms with van der Waals surface area (Å²) < 4.78 is 0. The molecule has 1 aromatic carbocycles. The second kappa shape index (κ2) is 7.10. The number of nitrogens with zero attached hydrogens (tertiary/aromatic N) is 3. The van der Waals surface area contributed by atoms with Gasteiger partial charge in [-0.15, -0.1) is 11.3 Å². The summed E-state index contributed by atoms with van der Waals surface area (Å²) in [4.78, 5) is 12.6. The average Bonchev–Trinajstić information content (AvgIpc) is 3.28. The summed E-state index contributed by atoms with van der Waals surface area (Å²) >= 11 is 1.69. The minimum Gasteiger partial charge on any atom is -0.369 e. The van der Waals surface area contributed by atoms with E-state index in [4.69, 9.17) is 0 Å². The highest BCUT2D eigenvalue weighted by Gasteiger charge is 2.24. The van der Waals surface area contributed by atoms with Gasteiger partial charge in [0.25, 0.3) is 0 Å².